The van der Waals surface area contributed by atoms with Crippen LogP contribution in [0.5, 0.6) is 0 Å². The van der Waals surface area contributed by atoms with Crippen LogP contribution >= 0.6 is 7.92 Å². The van der Waals surface area contributed by atoms with Crippen molar-refractivity contribution in [2.45, 2.75) is 6.42 Å². The third-order valence-electron chi connectivity index (χ3n) is 3.63. The second-order valence-corrected chi connectivity index (χ2v) is 7.57. The van der Waals surface area contributed by atoms with Crippen LogP contribution in [0.15, 0.2) is 109 Å². The number of rotatable bonds is 3. The van der Waals surface area contributed by atoms with Crippen molar-refractivity contribution in [3.8, 4) is 0 Å². The van der Waals surface area contributed by atoms with Crippen LogP contribution in [0, 0.1) is 6.08 Å². The van der Waals surface area contributed by atoms with Gasteiger partial charge in [0.15, 0.2) is 0 Å². The van der Waals surface area contributed by atoms with Crippen molar-refractivity contribution in [3.05, 3.63) is 115 Å². The summed E-state index contributed by atoms with van der Waals surface area (Å²) in [6, 6.07) is 32.3. The fourth-order valence-electron chi connectivity index (χ4n) is 2.52. The van der Waals surface area contributed by atoms with Gasteiger partial charge in [-0.2, -0.15) is 6.08 Å². The van der Waals surface area contributed by atoms with Crippen molar-refractivity contribution in [2.75, 3.05) is 0 Å². The monoisotopic (exact) mass is 429 g/mol. The first kappa shape index (κ1) is 19.5. The molecule has 0 fully saturated rings. The Labute approximate surface area is 164 Å². The first-order valence-corrected chi connectivity index (χ1v) is 9.46. The zero-order valence-electron chi connectivity index (χ0n) is 13.9. The zero-order valence-corrected chi connectivity index (χ0v) is 16.5. The Kier molecular flexibility index (Phi) is 8.54. The van der Waals surface area contributed by atoms with Gasteiger partial charge in [0.1, 0.15) is 0 Å². The molecule has 0 aromatic heterocycles. The molecule has 0 saturated carbocycles. The molecule has 0 unspecified atom stereocenters. The SMILES string of the molecule is [C-]1=CC=CC1.[Ru+].c1ccc(P(c2ccccc2)c2ccccc2)cc1. The molecule has 3 aromatic carbocycles. The van der Waals surface area contributed by atoms with E-state index in [1.165, 1.54) is 15.9 Å². The molecule has 0 bridgehead atoms. The van der Waals surface area contributed by atoms with Crippen LogP contribution in [-0.2, 0) is 19.5 Å². The van der Waals surface area contributed by atoms with Crippen molar-refractivity contribution < 1.29 is 19.5 Å². The van der Waals surface area contributed by atoms with E-state index in [-0.39, 0.29) is 19.5 Å². The summed E-state index contributed by atoms with van der Waals surface area (Å²) in [5.41, 5.74) is 0. The summed E-state index contributed by atoms with van der Waals surface area (Å²) >= 11 is 0. The molecule has 0 amide bonds. The van der Waals surface area contributed by atoms with Gasteiger partial charge in [-0.05, 0) is 23.8 Å². The van der Waals surface area contributed by atoms with Crippen LogP contribution in [0.1, 0.15) is 6.42 Å². The van der Waals surface area contributed by atoms with Gasteiger partial charge < -0.3 is 0 Å². The van der Waals surface area contributed by atoms with E-state index in [0.717, 1.165) is 6.42 Å². The minimum atomic E-state index is -0.446. The third-order valence-corrected chi connectivity index (χ3v) is 6.07. The van der Waals surface area contributed by atoms with Gasteiger partial charge in [-0.15, -0.1) is 6.42 Å². The summed E-state index contributed by atoms with van der Waals surface area (Å²) in [6.45, 7) is 0. The Morgan fingerprint density at radius 1 is 0.600 bits per heavy atom. The van der Waals surface area contributed by atoms with Crippen molar-refractivity contribution >= 4 is 23.8 Å². The molecule has 0 saturated heterocycles. The molecular formula is C23H20PRu. The van der Waals surface area contributed by atoms with Crippen LogP contribution in [0.2, 0.25) is 0 Å². The van der Waals surface area contributed by atoms with E-state index in [9.17, 15) is 0 Å². The smallest absolute Gasteiger partial charge is 0.273 e. The van der Waals surface area contributed by atoms with Gasteiger partial charge in [0.05, 0.1) is 0 Å². The molecule has 125 valence electrons. The molecule has 2 heteroatoms. The van der Waals surface area contributed by atoms with E-state index in [4.69, 9.17) is 0 Å². The quantitative estimate of drug-likeness (QED) is 0.321. The minimum Gasteiger partial charge on any atom is -0.273 e. The fraction of sp³-hybridized carbons (Fsp3) is 0.0435. The van der Waals surface area contributed by atoms with E-state index in [1.807, 2.05) is 12.2 Å². The number of hydrogen-bond acceptors (Lipinski definition) is 0. The molecule has 0 heterocycles. The zero-order chi connectivity index (χ0) is 16.5. The summed E-state index contributed by atoms with van der Waals surface area (Å²) in [5.74, 6) is 0. The maximum Gasteiger partial charge on any atom is 1.00 e. The summed E-state index contributed by atoms with van der Waals surface area (Å²) < 4.78 is 0. The van der Waals surface area contributed by atoms with E-state index < -0.39 is 7.92 Å². The Hall–Kier alpha value is -1.81. The second kappa shape index (κ2) is 10.9. The molecule has 4 rings (SSSR count). The molecule has 0 spiro atoms. The molecule has 25 heavy (non-hydrogen) atoms. The van der Waals surface area contributed by atoms with Gasteiger partial charge >= 0.3 is 19.5 Å². The Balaban J connectivity index is 0.000000325. The maximum absolute atomic E-state index is 2.99. The summed E-state index contributed by atoms with van der Waals surface area (Å²) in [6.07, 6.45) is 10.0. The molecular weight excluding hydrogens is 408 g/mol. The Bertz CT molecular complexity index is 676. The maximum atomic E-state index is 2.99. The molecule has 0 N–H and O–H groups in total. The van der Waals surface area contributed by atoms with E-state index >= 15 is 0 Å². The second-order valence-electron chi connectivity index (χ2n) is 5.35. The molecule has 0 nitrogen and oxygen atoms in total. The third kappa shape index (κ3) is 5.89. The van der Waals surface area contributed by atoms with Crippen LogP contribution in [0.3, 0.4) is 0 Å². The van der Waals surface area contributed by atoms with Gasteiger partial charge in [-0.3, -0.25) is 6.08 Å². The van der Waals surface area contributed by atoms with Gasteiger partial charge in [-0.1, -0.05) is 91.0 Å². The van der Waals surface area contributed by atoms with Crippen LogP contribution in [0.4, 0.5) is 0 Å². The summed E-state index contributed by atoms with van der Waals surface area (Å²) in [4.78, 5) is 0. The first-order valence-electron chi connectivity index (χ1n) is 8.12. The van der Waals surface area contributed by atoms with Gasteiger partial charge in [0, 0.05) is 0 Å². The van der Waals surface area contributed by atoms with Crippen molar-refractivity contribution in [1.29, 1.82) is 0 Å². The van der Waals surface area contributed by atoms with Crippen molar-refractivity contribution in [1.82, 2.24) is 0 Å². The first-order chi connectivity index (χ1) is 11.9. The van der Waals surface area contributed by atoms with Gasteiger partial charge in [0.25, 0.3) is 0 Å². The summed E-state index contributed by atoms with van der Waals surface area (Å²) in [5, 5.41) is 4.19. The average Bonchev–Trinajstić information content (AvgIpc) is 3.25. The predicted octanol–water partition coefficient (Wildman–Crippen LogP) is 4.75. The molecule has 3 aromatic rings. The van der Waals surface area contributed by atoms with Crippen LogP contribution in [0.25, 0.3) is 0 Å². The molecule has 1 aliphatic rings. The minimum absolute atomic E-state index is 0. The van der Waals surface area contributed by atoms with E-state index in [1.54, 1.807) is 0 Å². The number of benzene rings is 3. The van der Waals surface area contributed by atoms with Crippen molar-refractivity contribution in [2.24, 2.45) is 0 Å². The summed E-state index contributed by atoms with van der Waals surface area (Å²) in [7, 11) is -0.446. The molecule has 1 aliphatic carbocycles. The predicted molar refractivity (Wildman–Crippen MR) is 107 cm³/mol. The fourth-order valence-corrected chi connectivity index (χ4v) is 4.82. The molecule has 1 radical (unpaired) electrons. The van der Waals surface area contributed by atoms with Crippen LogP contribution < -0.4 is 15.9 Å². The number of hydrogen-bond donors (Lipinski definition) is 0. The van der Waals surface area contributed by atoms with Crippen molar-refractivity contribution in [3.63, 3.8) is 0 Å². The topological polar surface area (TPSA) is 0 Å². The molecule has 0 atom stereocenters. The standard InChI is InChI=1S/C18H15P.C5H5.Ru/c1-4-10-16(11-5-1)19(17-12-6-2-7-13-17)18-14-8-3-9-15-18;1-2-4-5-3-1;/h1-15H;1-3H,4H2;/q;-1;+1. The largest absolute Gasteiger partial charge is 1.00 e. The average molecular weight is 428 g/mol. The van der Waals surface area contributed by atoms with Crippen LogP contribution in [-0.4, -0.2) is 0 Å². The van der Waals surface area contributed by atoms with Gasteiger partial charge in [0.2, 0.25) is 0 Å². The number of allylic oxidation sites excluding steroid dienone is 4. The Morgan fingerprint density at radius 3 is 1.24 bits per heavy atom. The van der Waals surface area contributed by atoms with E-state index in [0.29, 0.717) is 0 Å². The Morgan fingerprint density at radius 2 is 1.00 bits per heavy atom. The molecule has 0 aliphatic heterocycles. The normalized spacial score (nSPS) is 11.6. The van der Waals surface area contributed by atoms with Gasteiger partial charge in [-0.25, -0.2) is 12.2 Å². The van der Waals surface area contributed by atoms with E-state index in [2.05, 4.69) is 103 Å².